The van der Waals surface area contributed by atoms with E-state index in [9.17, 15) is 0 Å². The average molecular weight is 493 g/mol. The first-order chi connectivity index (χ1) is 15.0. The van der Waals surface area contributed by atoms with Gasteiger partial charge in [0.2, 0.25) is 0 Å². The Hall–Kier alpha value is -0.286. The zero-order valence-electron chi connectivity index (χ0n) is 22.3. The van der Waals surface area contributed by atoms with E-state index < -0.39 is 27.8 Å². The van der Waals surface area contributed by atoms with E-state index in [1.54, 1.807) is 0 Å². The first-order valence-corrected chi connectivity index (χ1v) is 18.4. The summed E-state index contributed by atoms with van der Waals surface area (Å²) < 4.78 is 34.0. The third-order valence-electron chi connectivity index (χ3n) is 10.6. The fourth-order valence-electron chi connectivity index (χ4n) is 6.38. The zero-order chi connectivity index (χ0) is 24.3. The molecule has 0 N–H and O–H groups in total. The van der Waals surface area contributed by atoms with E-state index in [-0.39, 0.29) is 33.1 Å². The Kier molecular flexibility index (Phi) is 4.97. The molecule has 5 nitrogen and oxygen atoms in total. The minimum atomic E-state index is -2.00. The molecular weight excluding hydrogens is 448 g/mol. The monoisotopic (exact) mass is 492 g/mol. The van der Waals surface area contributed by atoms with Gasteiger partial charge in [0.15, 0.2) is 16.6 Å². The van der Waals surface area contributed by atoms with Crippen LogP contribution in [0.5, 0.6) is 0 Å². The van der Waals surface area contributed by atoms with E-state index in [2.05, 4.69) is 92.0 Å². The van der Waals surface area contributed by atoms with Crippen LogP contribution in [0.2, 0.25) is 36.3 Å². The topological polar surface area (TPSA) is 46.2 Å². The average Bonchev–Trinajstić information content (AvgIpc) is 3.39. The molecule has 3 saturated heterocycles. The summed E-state index contributed by atoms with van der Waals surface area (Å²) in [7, 11) is -3.98. The van der Waals surface area contributed by atoms with Crippen molar-refractivity contribution in [3.63, 3.8) is 0 Å². The van der Waals surface area contributed by atoms with Gasteiger partial charge in [0, 0.05) is 13.2 Å². The van der Waals surface area contributed by atoms with E-state index in [1.165, 1.54) is 0 Å². The van der Waals surface area contributed by atoms with Crippen molar-refractivity contribution in [2.24, 2.45) is 10.8 Å². The van der Waals surface area contributed by atoms with Crippen molar-refractivity contribution in [3.05, 3.63) is 24.3 Å². The Morgan fingerprint density at radius 2 is 1.18 bits per heavy atom. The normalized spacial score (nSPS) is 43.6. The molecule has 0 aliphatic carbocycles. The number of hydrogen-bond donors (Lipinski definition) is 0. The molecule has 0 saturated carbocycles. The van der Waals surface area contributed by atoms with Crippen LogP contribution in [0.3, 0.4) is 0 Å². The van der Waals surface area contributed by atoms with E-state index in [1.807, 2.05) is 0 Å². The second kappa shape index (κ2) is 6.72. The Bertz CT molecular complexity index is 859. The molecule has 3 fully saturated rings. The lowest BCUT2D eigenvalue weighted by Gasteiger charge is -2.59. The van der Waals surface area contributed by atoms with Crippen LogP contribution in [-0.4, -0.2) is 66.5 Å². The molecule has 2 unspecified atom stereocenters. The molecule has 5 rings (SSSR count). The number of hydrogen-bond acceptors (Lipinski definition) is 5. The smallest absolute Gasteiger partial charge is 0.192 e. The van der Waals surface area contributed by atoms with Crippen molar-refractivity contribution in [2.75, 3.05) is 26.4 Å². The molecule has 6 atom stereocenters. The van der Waals surface area contributed by atoms with Crippen molar-refractivity contribution in [1.82, 2.24) is 0 Å². The van der Waals surface area contributed by atoms with Gasteiger partial charge in [-0.2, -0.15) is 0 Å². The lowest BCUT2D eigenvalue weighted by Crippen LogP contribution is -2.73. The van der Waals surface area contributed by atoms with Crippen molar-refractivity contribution >= 4 is 16.6 Å². The maximum atomic E-state index is 7.05. The second-order valence-electron chi connectivity index (χ2n) is 14.1. The summed E-state index contributed by atoms with van der Waals surface area (Å²) in [5.74, 6) is 0. The summed E-state index contributed by atoms with van der Waals surface area (Å²) in [5.41, 5.74) is -1.73. The molecule has 0 aromatic heterocycles. The number of ether oxygens (including phenoxy) is 3. The lowest BCUT2D eigenvalue weighted by molar-refractivity contribution is -0.219. The van der Waals surface area contributed by atoms with E-state index in [0.717, 1.165) is 0 Å². The fraction of sp³-hybridized carbons (Fsp3) is 0.846. The highest BCUT2D eigenvalue weighted by atomic mass is 28.4. The fourth-order valence-corrected chi connectivity index (χ4v) is 8.42. The lowest BCUT2D eigenvalue weighted by atomic mass is 9.45. The molecule has 0 amide bonds. The molecule has 33 heavy (non-hydrogen) atoms. The van der Waals surface area contributed by atoms with Crippen LogP contribution < -0.4 is 0 Å². The molecule has 0 aromatic rings. The van der Waals surface area contributed by atoms with Crippen LogP contribution in [0.15, 0.2) is 24.3 Å². The Morgan fingerprint density at radius 1 is 0.758 bits per heavy atom. The highest BCUT2D eigenvalue weighted by Gasteiger charge is 2.89. The van der Waals surface area contributed by atoms with Gasteiger partial charge in [-0.3, -0.25) is 0 Å². The van der Waals surface area contributed by atoms with Gasteiger partial charge in [0.1, 0.15) is 11.2 Å². The van der Waals surface area contributed by atoms with Crippen LogP contribution in [0.25, 0.3) is 0 Å². The summed E-state index contributed by atoms with van der Waals surface area (Å²) in [6, 6.07) is 0. The second-order valence-corrected chi connectivity index (χ2v) is 23.7. The van der Waals surface area contributed by atoms with Gasteiger partial charge in [0.25, 0.3) is 0 Å². The van der Waals surface area contributed by atoms with Crippen molar-refractivity contribution in [2.45, 2.75) is 101 Å². The SMILES string of the molecule is CC(C)(C)[Si](C)(C)OCC12[C@@H]3C=C[C@@]4(COC[C@]5(C=C[C@H]1O5)C24CO[Si](C)(C)C(C)(C)C)O3. The molecule has 4 bridgehead atoms. The number of fused-ring (bicyclic) bond motifs is 4. The predicted molar refractivity (Wildman–Crippen MR) is 135 cm³/mol. The largest absolute Gasteiger partial charge is 0.416 e. The van der Waals surface area contributed by atoms with Gasteiger partial charge >= 0.3 is 0 Å². The Balaban J connectivity index is 1.61. The molecule has 0 radical (unpaired) electrons. The number of rotatable bonds is 6. The van der Waals surface area contributed by atoms with Gasteiger partial charge in [-0.1, -0.05) is 65.8 Å². The molecule has 0 aromatic carbocycles. The molecule has 7 heteroatoms. The third-order valence-corrected chi connectivity index (χ3v) is 19.5. The van der Waals surface area contributed by atoms with Crippen LogP contribution in [0, 0.1) is 10.8 Å². The maximum Gasteiger partial charge on any atom is 0.192 e. The zero-order valence-corrected chi connectivity index (χ0v) is 24.3. The van der Waals surface area contributed by atoms with Crippen LogP contribution >= 0.6 is 0 Å². The van der Waals surface area contributed by atoms with E-state index in [0.29, 0.717) is 26.4 Å². The van der Waals surface area contributed by atoms with Gasteiger partial charge in [-0.25, -0.2) is 0 Å². The molecule has 5 heterocycles. The first kappa shape index (κ1) is 24.4. The summed E-state index contributed by atoms with van der Waals surface area (Å²) in [6.45, 7) is 25.5. The summed E-state index contributed by atoms with van der Waals surface area (Å²) in [6.07, 6.45) is 8.92. The molecule has 5 aliphatic heterocycles. The van der Waals surface area contributed by atoms with E-state index in [4.69, 9.17) is 23.1 Å². The Labute approximate surface area is 202 Å². The third kappa shape index (κ3) is 2.76. The van der Waals surface area contributed by atoms with Crippen molar-refractivity contribution in [3.8, 4) is 0 Å². The minimum absolute atomic E-state index is 0.0520. The van der Waals surface area contributed by atoms with Gasteiger partial charge in [0.05, 0.1) is 36.3 Å². The predicted octanol–water partition coefficient (Wildman–Crippen LogP) is 5.45. The van der Waals surface area contributed by atoms with Gasteiger partial charge in [-0.15, -0.1) is 0 Å². The highest BCUT2D eigenvalue weighted by Crippen LogP contribution is 2.77. The van der Waals surface area contributed by atoms with Crippen molar-refractivity contribution in [1.29, 1.82) is 0 Å². The first-order valence-electron chi connectivity index (χ1n) is 12.6. The van der Waals surface area contributed by atoms with Crippen molar-refractivity contribution < 1.29 is 23.1 Å². The molecular formula is C26H44O5Si2. The summed E-state index contributed by atoms with van der Waals surface area (Å²) >= 11 is 0. The van der Waals surface area contributed by atoms with Gasteiger partial charge in [-0.05, 0) is 36.3 Å². The minimum Gasteiger partial charge on any atom is -0.416 e. The van der Waals surface area contributed by atoms with E-state index >= 15 is 0 Å². The Morgan fingerprint density at radius 3 is 1.61 bits per heavy atom. The quantitative estimate of drug-likeness (QED) is 0.364. The highest BCUT2D eigenvalue weighted by molar-refractivity contribution is 6.74. The molecule has 186 valence electrons. The van der Waals surface area contributed by atoms with Crippen LogP contribution in [0.4, 0.5) is 0 Å². The summed E-state index contributed by atoms with van der Waals surface area (Å²) in [5, 5.41) is 0.273. The van der Waals surface area contributed by atoms with Gasteiger partial charge < -0.3 is 23.1 Å². The summed E-state index contributed by atoms with van der Waals surface area (Å²) in [4.78, 5) is 0. The molecule has 2 spiro atoms. The molecule has 5 aliphatic rings. The standard InChI is InChI=1S/C26H44O5Si2/c1-21(2,3)32(7,8)28-17-25-19-11-13-23(30-19)15-27-16-24(14-12-20(25)31-24)26(23,25)18-29-33(9,10)22(4,5)6/h11-14,19-20H,15-18H2,1-10H3/t19-,20+,23-,24+,25?,26?. The van der Waals surface area contributed by atoms with Crippen LogP contribution in [-0.2, 0) is 23.1 Å². The van der Waals surface area contributed by atoms with Crippen LogP contribution in [0.1, 0.15) is 41.5 Å². The maximum absolute atomic E-state index is 7.05.